The summed E-state index contributed by atoms with van der Waals surface area (Å²) in [7, 11) is 1.36. The van der Waals surface area contributed by atoms with Gasteiger partial charge in [-0.15, -0.1) is 0 Å². The highest BCUT2D eigenvalue weighted by molar-refractivity contribution is 5.94. The summed E-state index contributed by atoms with van der Waals surface area (Å²) in [6.07, 6.45) is -1.18. The molecule has 1 saturated carbocycles. The van der Waals surface area contributed by atoms with Gasteiger partial charge in [0.2, 0.25) is 0 Å². The van der Waals surface area contributed by atoms with E-state index < -0.39 is 42.1 Å². The number of carboxylic acid groups (broad SMARTS) is 1. The summed E-state index contributed by atoms with van der Waals surface area (Å²) in [6.45, 7) is 0.277. The van der Waals surface area contributed by atoms with Crippen LogP contribution in [0.1, 0.15) is 59.8 Å². The van der Waals surface area contributed by atoms with Crippen molar-refractivity contribution in [2.24, 2.45) is 0 Å². The van der Waals surface area contributed by atoms with Crippen LogP contribution in [0.15, 0.2) is 42.5 Å². The van der Waals surface area contributed by atoms with E-state index in [2.05, 4.69) is 10.3 Å². The number of methoxy groups -OCH3 is 1. The molecule has 208 valence electrons. The molecule has 0 aliphatic heterocycles. The van der Waals surface area contributed by atoms with Crippen LogP contribution in [0.2, 0.25) is 0 Å². The van der Waals surface area contributed by atoms with E-state index in [1.54, 1.807) is 18.2 Å². The number of carboxylic acids is 1. The molecule has 0 unspecified atom stereocenters. The second-order valence-electron chi connectivity index (χ2n) is 9.66. The van der Waals surface area contributed by atoms with E-state index in [0.717, 1.165) is 12.8 Å². The number of benzene rings is 2. The Labute approximate surface area is 224 Å². The SMILES string of the molecule is COc1ccc(CNC(=O)c2nc(-c3ccc(F)cc3)n(CC[C@@H](O)C[C@@H](O)CC(=O)[O-])c2C2CC2)cc1F. The lowest BCUT2D eigenvalue weighted by atomic mass is 10.1. The summed E-state index contributed by atoms with van der Waals surface area (Å²) < 4.78 is 34.5. The molecule has 0 radical (unpaired) electrons. The average molecular weight is 543 g/mol. The van der Waals surface area contributed by atoms with Gasteiger partial charge >= 0.3 is 0 Å². The smallest absolute Gasteiger partial charge is 0.272 e. The predicted octanol–water partition coefficient (Wildman–Crippen LogP) is 2.29. The van der Waals surface area contributed by atoms with E-state index in [4.69, 9.17) is 4.74 Å². The molecule has 3 N–H and O–H groups in total. The van der Waals surface area contributed by atoms with Crippen molar-refractivity contribution in [1.29, 1.82) is 0 Å². The number of nitrogens with zero attached hydrogens (tertiary/aromatic N) is 2. The first-order chi connectivity index (χ1) is 18.7. The Kier molecular flexibility index (Phi) is 8.93. The molecule has 11 heteroatoms. The largest absolute Gasteiger partial charge is 0.550 e. The van der Waals surface area contributed by atoms with Crippen molar-refractivity contribution >= 4 is 11.9 Å². The highest BCUT2D eigenvalue weighted by Crippen LogP contribution is 2.43. The normalized spacial score (nSPS) is 14.6. The Hall–Kier alpha value is -3.83. The van der Waals surface area contributed by atoms with Crippen molar-refractivity contribution in [3.05, 3.63) is 71.1 Å². The van der Waals surface area contributed by atoms with Gasteiger partial charge in [-0.1, -0.05) is 6.07 Å². The molecule has 4 rings (SSSR count). The van der Waals surface area contributed by atoms with Crippen LogP contribution in [-0.4, -0.2) is 51.0 Å². The number of hydrogen-bond acceptors (Lipinski definition) is 7. The molecule has 3 aromatic rings. The second kappa shape index (κ2) is 12.4. The fourth-order valence-corrected chi connectivity index (χ4v) is 4.52. The quantitative estimate of drug-likeness (QED) is 0.301. The van der Waals surface area contributed by atoms with Crippen LogP contribution in [0, 0.1) is 11.6 Å². The van der Waals surface area contributed by atoms with Gasteiger partial charge in [0.1, 0.15) is 17.3 Å². The molecule has 1 amide bonds. The predicted molar refractivity (Wildman–Crippen MR) is 135 cm³/mol. The first kappa shape index (κ1) is 28.2. The van der Waals surface area contributed by atoms with E-state index in [0.29, 0.717) is 22.6 Å². The zero-order valence-electron chi connectivity index (χ0n) is 21.4. The standard InChI is InChI=1S/C28H31F2N3O6/c1-39-23-9-2-16(12-22(23)30)15-31-28(38)25-26(17-3-4-17)33(11-10-20(34)13-21(35)14-24(36)37)27(32-25)18-5-7-19(29)8-6-18/h2,5-9,12,17,20-21,34-35H,3-4,10-11,13-15H2,1H3,(H,31,38)(H,36,37)/p-1/t20-,21-/m1/s1. The summed E-state index contributed by atoms with van der Waals surface area (Å²) in [5, 5.41) is 33.8. The van der Waals surface area contributed by atoms with E-state index in [-0.39, 0.29) is 43.3 Å². The Balaban J connectivity index is 1.59. The topological polar surface area (TPSA) is 137 Å². The third-order valence-electron chi connectivity index (χ3n) is 6.59. The minimum atomic E-state index is -1.41. The Bertz CT molecular complexity index is 1320. The van der Waals surface area contributed by atoms with Gasteiger partial charge in [0, 0.05) is 37.0 Å². The lowest BCUT2D eigenvalue weighted by molar-refractivity contribution is -0.307. The van der Waals surface area contributed by atoms with Crippen molar-refractivity contribution in [1.82, 2.24) is 14.9 Å². The fourth-order valence-electron chi connectivity index (χ4n) is 4.52. The lowest BCUT2D eigenvalue weighted by Gasteiger charge is -2.18. The molecule has 1 aromatic heterocycles. The monoisotopic (exact) mass is 542 g/mol. The van der Waals surface area contributed by atoms with Gasteiger partial charge in [-0.25, -0.2) is 13.8 Å². The molecule has 2 atom stereocenters. The molecular weight excluding hydrogens is 512 g/mol. The Morgan fingerprint density at radius 1 is 1.15 bits per heavy atom. The summed E-state index contributed by atoms with van der Waals surface area (Å²) in [5.74, 6) is -2.27. The number of imidazole rings is 1. The zero-order chi connectivity index (χ0) is 28.1. The van der Waals surface area contributed by atoms with Crippen LogP contribution in [0.4, 0.5) is 8.78 Å². The van der Waals surface area contributed by atoms with Crippen molar-refractivity contribution < 1.29 is 38.4 Å². The highest BCUT2D eigenvalue weighted by atomic mass is 19.1. The van der Waals surface area contributed by atoms with Gasteiger partial charge in [-0.2, -0.15) is 0 Å². The van der Waals surface area contributed by atoms with Crippen LogP contribution in [0.3, 0.4) is 0 Å². The maximum Gasteiger partial charge on any atom is 0.272 e. The Morgan fingerprint density at radius 2 is 1.87 bits per heavy atom. The fraction of sp³-hybridized carbons (Fsp3) is 0.393. The van der Waals surface area contributed by atoms with E-state index in [9.17, 15) is 33.7 Å². The third kappa shape index (κ3) is 7.18. The van der Waals surface area contributed by atoms with Crippen molar-refractivity contribution in [2.45, 2.75) is 63.3 Å². The number of aliphatic hydroxyl groups excluding tert-OH is 2. The number of aromatic nitrogens is 2. The zero-order valence-corrected chi connectivity index (χ0v) is 21.4. The van der Waals surface area contributed by atoms with Crippen LogP contribution >= 0.6 is 0 Å². The van der Waals surface area contributed by atoms with E-state index in [1.807, 2.05) is 4.57 Å². The number of aliphatic carboxylic acids is 1. The molecule has 1 aliphatic rings. The number of aliphatic hydroxyl groups is 2. The summed E-state index contributed by atoms with van der Waals surface area (Å²) in [5.41, 5.74) is 1.97. The number of ether oxygens (including phenoxy) is 1. The molecule has 1 aliphatic carbocycles. The van der Waals surface area contributed by atoms with E-state index >= 15 is 0 Å². The van der Waals surface area contributed by atoms with Gasteiger partial charge in [0.25, 0.3) is 5.91 Å². The van der Waals surface area contributed by atoms with Crippen LogP contribution in [0.25, 0.3) is 11.4 Å². The van der Waals surface area contributed by atoms with Gasteiger partial charge in [-0.3, -0.25) is 4.79 Å². The minimum Gasteiger partial charge on any atom is -0.550 e. The number of amides is 1. The van der Waals surface area contributed by atoms with Crippen LogP contribution in [0.5, 0.6) is 5.75 Å². The summed E-state index contributed by atoms with van der Waals surface area (Å²) in [4.78, 5) is 28.7. The average Bonchev–Trinajstić information content (AvgIpc) is 3.66. The molecule has 0 saturated heterocycles. The van der Waals surface area contributed by atoms with Gasteiger partial charge < -0.3 is 34.7 Å². The number of rotatable bonds is 13. The second-order valence-corrected chi connectivity index (χ2v) is 9.66. The van der Waals surface area contributed by atoms with Crippen molar-refractivity contribution in [3.63, 3.8) is 0 Å². The number of carbonyl (C=O) groups excluding carboxylic acids is 2. The molecule has 39 heavy (non-hydrogen) atoms. The Morgan fingerprint density at radius 3 is 2.49 bits per heavy atom. The van der Waals surface area contributed by atoms with Gasteiger partial charge in [0.15, 0.2) is 11.6 Å². The number of nitrogens with one attached hydrogen (secondary N) is 1. The molecule has 0 bridgehead atoms. The molecule has 1 fully saturated rings. The molecule has 1 heterocycles. The van der Waals surface area contributed by atoms with Gasteiger partial charge in [-0.05, 0) is 67.6 Å². The third-order valence-corrected chi connectivity index (χ3v) is 6.59. The molecule has 2 aromatic carbocycles. The lowest BCUT2D eigenvalue weighted by Crippen LogP contribution is -2.29. The number of hydrogen-bond donors (Lipinski definition) is 3. The maximum absolute atomic E-state index is 14.1. The summed E-state index contributed by atoms with van der Waals surface area (Å²) >= 11 is 0. The van der Waals surface area contributed by atoms with Crippen LogP contribution < -0.4 is 15.2 Å². The van der Waals surface area contributed by atoms with Crippen molar-refractivity contribution in [3.8, 4) is 17.1 Å². The van der Waals surface area contributed by atoms with E-state index in [1.165, 1.54) is 31.4 Å². The van der Waals surface area contributed by atoms with Crippen molar-refractivity contribution in [2.75, 3.05) is 7.11 Å². The molecular formula is C28H30F2N3O6-. The first-order valence-electron chi connectivity index (χ1n) is 12.7. The molecule has 0 spiro atoms. The van der Waals surface area contributed by atoms with Crippen LogP contribution in [-0.2, 0) is 17.9 Å². The summed E-state index contributed by atoms with van der Waals surface area (Å²) in [6, 6.07) is 10.1. The molecule has 9 nitrogen and oxygen atoms in total. The minimum absolute atomic E-state index is 0.0532. The highest BCUT2D eigenvalue weighted by Gasteiger charge is 2.35. The number of carbonyl (C=O) groups is 2. The first-order valence-corrected chi connectivity index (χ1v) is 12.7. The van der Waals surface area contributed by atoms with Gasteiger partial charge in [0.05, 0.1) is 25.0 Å². The maximum atomic E-state index is 14.1. The number of halogens is 2.